The molecule has 17 heavy (non-hydrogen) atoms. The summed E-state index contributed by atoms with van der Waals surface area (Å²) in [5.74, 6) is 0.673. The smallest absolute Gasteiger partial charge is 0.237 e. The first-order valence-corrected chi connectivity index (χ1v) is 6.78. The average Bonchev–Trinajstić information content (AvgIpc) is 3.15. The van der Waals surface area contributed by atoms with Crippen LogP contribution < -0.4 is 11.1 Å². The molecule has 1 amide bonds. The zero-order valence-corrected chi connectivity index (χ0v) is 11.0. The van der Waals surface area contributed by atoms with Crippen molar-refractivity contribution in [2.24, 2.45) is 11.7 Å². The summed E-state index contributed by atoms with van der Waals surface area (Å²) in [6.45, 7) is 4.11. The lowest BCUT2D eigenvalue weighted by Gasteiger charge is -2.30. The van der Waals surface area contributed by atoms with Crippen molar-refractivity contribution in [3.05, 3.63) is 0 Å². The molecule has 1 atom stereocenters. The van der Waals surface area contributed by atoms with Crippen LogP contribution in [0.2, 0.25) is 0 Å². The molecule has 0 bridgehead atoms. The zero-order valence-electron chi connectivity index (χ0n) is 11.0. The number of primary amides is 1. The quantitative estimate of drug-likeness (QED) is 0.656. The Hall–Kier alpha value is -0.610. The minimum Gasteiger partial charge on any atom is -0.368 e. The Balaban J connectivity index is 1.82. The third-order valence-electron chi connectivity index (χ3n) is 4.25. The van der Waals surface area contributed by atoms with E-state index in [1.807, 2.05) is 14.0 Å². The van der Waals surface area contributed by atoms with Gasteiger partial charge in [0.05, 0.1) is 5.54 Å². The lowest BCUT2D eigenvalue weighted by molar-refractivity contribution is -0.124. The molecule has 0 aliphatic heterocycles. The number of nitrogens with zero attached hydrogens (tertiary/aromatic N) is 1. The van der Waals surface area contributed by atoms with E-state index in [0.29, 0.717) is 0 Å². The maximum Gasteiger partial charge on any atom is 0.237 e. The molecule has 2 aliphatic carbocycles. The highest BCUT2D eigenvalue weighted by Gasteiger charge is 2.36. The fourth-order valence-corrected chi connectivity index (χ4v) is 2.23. The van der Waals surface area contributed by atoms with Crippen LogP contribution in [0.25, 0.3) is 0 Å². The molecule has 0 radical (unpaired) electrons. The number of nitrogens with two attached hydrogens (primary N) is 1. The van der Waals surface area contributed by atoms with E-state index < -0.39 is 5.54 Å². The second-order valence-electron chi connectivity index (χ2n) is 5.87. The molecule has 1 unspecified atom stereocenters. The van der Waals surface area contributed by atoms with Crippen LogP contribution in [0.3, 0.4) is 0 Å². The Bertz CT molecular complexity index is 286. The maximum atomic E-state index is 11.4. The molecule has 0 aromatic heterocycles. The second kappa shape index (κ2) is 4.94. The van der Waals surface area contributed by atoms with Gasteiger partial charge in [-0.1, -0.05) is 0 Å². The van der Waals surface area contributed by atoms with E-state index >= 15 is 0 Å². The highest BCUT2D eigenvalue weighted by Crippen LogP contribution is 2.35. The maximum absolute atomic E-state index is 11.4. The molecule has 0 saturated heterocycles. The van der Waals surface area contributed by atoms with Crippen molar-refractivity contribution in [1.82, 2.24) is 10.2 Å². The van der Waals surface area contributed by atoms with Crippen molar-refractivity contribution < 1.29 is 4.79 Å². The van der Waals surface area contributed by atoms with Crippen LogP contribution in [0, 0.1) is 5.92 Å². The monoisotopic (exact) mass is 239 g/mol. The number of amides is 1. The van der Waals surface area contributed by atoms with Crippen molar-refractivity contribution in [2.45, 2.75) is 50.6 Å². The van der Waals surface area contributed by atoms with Gasteiger partial charge in [-0.2, -0.15) is 0 Å². The molecule has 2 fully saturated rings. The Morgan fingerprint density at radius 3 is 2.47 bits per heavy atom. The van der Waals surface area contributed by atoms with Gasteiger partial charge >= 0.3 is 0 Å². The van der Waals surface area contributed by atoms with Gasteiger partial charge in [-0.3, -0.25) is 4.79 Å². The number of likely N-dealkylation sites (N-methyl/N-ethyl adjacent to an activating group) is 1. The van der Waals surface area contributed by atoms with E-state index in [1.165, 1.54) is 32.2 Å². The van der Waals surface area contributed by atoms with Crippen LogP contribution in [0.5, 0.6) is 0 Å². The first-order valence-electron chi connectivity index (χ1n) is 6.78. The minimum absolute atomic E-state index is 0.248. The molecular formula is C13H25N3O. The Kier molecular flexibility index (Phi) is 3.73. The summed E-state index contributed by atoms with van der Waals surface area (Å²) >= 11 is 0. The number of nitrogens with one attached hydrogen (secondary N) is 1. The van der Waals surface area contributed by atoms with Crippen LogP contribution in [-0.4, -0.2) is 42.5 Å². The number of carbonyl (C=O) groups excluding carboxylic acids is 1. The third kappa shape index (κ3) is 3.42. The summed E-state index contributed by atoms with van der Waals surface area (Å²) in [5.41, 5.74) is 4.89. The van der Waals surface area contributed by atoms with Crippen molar-refractivity contribution >= 4 is 5.91 Å². The predicted molar refractivity (Wildman–Crippen MR) is 68.6 cm³/mol. The molecule has 2 saturated carbocycles. The minimum atomic E-state index is -0.559. The van der Waals surface area contributed by atoms with Crippen molar-refractivity contribution in [3.63, 3.8) is 0 Å². The summed E-state index contributed by atoms with van der Waals surface area (Å²) in [6.07, 6.45) is 6.26. The van der Waals surface area contributed by atoms with Gasteiger partial charge in [0.25, 0.3) is 0 Å². The summed E-state index contributed by atoms with van der Waals surface area (Å²) in [5, 5.41) is 3.06. The summed E-state index contributed by atoms with van der Waals surface area (Å²) in [7, 11) is 1.81. The largest absolute Gasteiger partial charge is 0.368 e. The molecule has 4 nitrogen and oxygen atoms in total. The van der Waals surface area contributed by atoms with Gasteiger partial charge < -0.3 is 16.0 Å². The Morgan fingerprint density at radius 2 is 2.06 bits per heavy atom. The lowest BCUT2D eigenvalue weighted by Crippen LogP contribution is -2.53. The third-order valence-corrected chi connectivity index (χ3v) is 4.25. The standard InChI is InChI=1S/C13H25N3O/c1-13(15-2,12(14)17)7-8-16(11-5-6-11)9-10-3-4-10/h10-11,15H,3-9H2,1-2H3,(H2,14,17). The van der Waals surface area contributed by atoms with Gasteiger partial charge in [0.2, 0.25) is 5.91 Å². The first kappa shape index (κ1) is 12.8. The fraction of sp³-hybridized carbons (Fsp3) is 0.923. The van der Waals surface area contributed by atoms with Crippen molar-refractivity contribution in [1.29, 1.82) is 0 Å². The molecule has 4 heteroatoms. The normalized spacial score (nSPS) is 23.7. The van der Waals surface area contributed by atoms with Gasteiger partial charge in [-0.25, -0.2) is 0 Å². The van der Waals surface area contributed by atoms with Crippen LogP contribution in [-0.2, 0) is 4.79 Å². The van der Waals surface area contributed by atoms with E-state index in [4.69, 9.17) is 5.73 Å². The summed E-state index contributed by atoms with van der Waals surface area (Å²) in [6, 6.07) is 0.782. The topological polar surface area (TPSA) is 58.4 Å². The van der Waals surface area contributed by atoms with Crippen LogP contribution in [0.15, 0.2) is 0 Å². The molecule has 0 aromatic carbocycles. The molecule has 98 valence electrons. The molecule has 3 N–H and O–H groups in total. The summed E-state index contributed by atoms with van der Waals surface area (Å²) < 4.78 is 0. The lowest BCUT2D eigenvalue weighted by atomic mass is 9.97. The number of hydrogen-bond acceptors (Lipinski definition) is 3. The van der Waals surface area contributed by atoms with Crippen LogP contribution in [0.1, 0.15) is 39.0 Å². The first-order chi connectivity index (χ1) is 8.05. The predicted octanol–water partition coefficient (Wildman–Crippen LogP) is 0.714. The van der Waals surface area contributed by atoms with E-state index in [-0.39, 0.29) is 5.91 Å². The molecule has 2 rings (SSSR count). The summed E-state index contributed by atoms with van der Waals surface area (Å²) in [4.78, 5) is 14.0. The van der Waals surface area contributed by atoms with Gasteiger partial charge in [0.1, 0.15) is 0 Å². The fourth-order valence-electron chi connectivity index (χ4n) is 2.23. The molecule has 0 spiro atoms. The van der Waals surface area contributed by atoms with E-state index in [0.717, 1.165) is 24.9 Å². The van der Waals surface area contributed by atoms with Crippen molar-refractivity contribution in [3.8, 4) is 0 Å². The molecular weight excluding hydrogens is 214 g/mol. The van der Waals surface area contributed by atoms with Crippen LogP contribution >= 0.6 is 0 Å². The van der Waals surface area contributed by atoms with Crippen LogP contribution in [0.4, 0.5) is 0 Å². The van der Waals surface area contributed by atoms with E-state index in [2.05, 4.69) is 10.2 Å². The van der Waals surface area contributed by atoms with E-state index in [1.54, 1.807) is 0 Å². The number of hydrogen-bond donors (Lipinski definition) is 2. The van der Waals surface area contributed by atoms with E-state index in [9.17, 15) is 4.79 Å². The van der Waals surface area contributed by atoms with Crippen molar-refractivity contribution in [2.75, 3.05) is 20.1 Å². The molecule has 2 aliphatic rings. The van der Waals surface area contributed by atoms with Gasteiger partial charge in [0, 0.05) is 19.1 Å². The average molecular weight is 239 g/mol. The van der Waals surface area contributed by atoms with Gasteiger partial charge in [-0.05, 0) is 52.0 Å². The molecule has 0 aromatic rings. The SMILES string of the molecule is CNC(C)(CCN(CC1CC1)C1CC1)C(N)=O. The van der Waals surface area contributed by atoms with Gasteiger partial charge in [0.15, 0.2) is 0 Å². The zero-order chi connectivity index (χ0) is 12.5. The molecule has 0 heterocycles. The highest BCUT2D eigenvalue weighted by molar-refractivity contribution is 5.84. The Labute approximate surface area is 104 Å². The van der Waals surface area contributed by atoms with Gasteiger partial charge in [-0.15, -0.1) is 0 Å². The second-order valence-corrected chi connectivity index (χ2v) is 5.87. The number of rotatable bonds is 8. The Morgan fingerprint density at radius 1 is 1.41 bits per heavy atom. The highest BCUT2D eigenvalue weighted by atomic mass is 16.1. The number of carbonyl (C=O) groups is 1.